The average molecular weight is 801 g/mol. The van der Waals surface area contributed by atoms with Crippen molar-refractivity contribution in [3.63, 3.8) is 0 Å². The summed E-state index contributed by atoms with van der Waals surface area (Å²) in [5, 5.41) is 28.5. The number of carbonyl (C=O) groups is 4. The normalized spacial score (nSPS) is 21.3. The van der Waals surface area contributed by atoms with Crippen molar-refractivity contribution in [3.8, 4) is 0 Å². The zero-order valence-corrected chi connectivity index (χ0v) is 27.5. The van der Waals surface area contributed by atoms with Crippen LogP contribution < -0.4 is 0 Å². The Balaban J connectivity index is 0.000000791. The van der Waals surface area contributed by atoms with E-state index in [1.807, 2.05) is 18.5 Å². The number of ether oxygens (including phenoxy) is 1. The van der Waals surface area contributed by atoms with Gasteiger partial charge in [0.15, 0.2) is 0 Å². The van der Waals surface area contributed by atoms with Crippen LogP contribution in [0.5, 0.6) is 0 Å². The number of aliphatic carboxylic acids is 4. The summed E-state index contributed by atoms with van der Waals surface area (Å²) >= 11 is 0. The number of hydrogen-bond acceptors (Lipinski definition) is 9. The molecule has 3 aliphatic heterocycles. The summed E-state index contributed by atoms with van der Waals surface area (Å²) in [6, 6.07) is 4.21. The van der Waals surface area contributed by atoms with Gasteiger partial charge < -0.3 is 30.1 Å². The minimum atomic E-state index is -5.08. The summed E-state index contributed by atoms with van der Waals surface area (Å²) in [6.07, 6.45) is -11.1. The summed E-state index contributed by atoms with van der Waals surface area (Å²) in [7, 11) is 2.22. The van der Waals surface area contributed by atoms with Crippen LogP contribution in [0.15, 0.2) is 24.5 Å². The molecule has 306 valence electrons. The van der Waals surface area contributed by atoms with E-state index in [2.05, 4.69) is 32.8 Å². The van der Waals surface area contributed by atoms with E-state index in [1.165, 1.54) is 57.4 Å². The highest BCUT2D eigenvalue weighted by atomic mass is 19.4. The second-order valence-electron chi connectivity index (χ2n) is 11.5. The van der Waals surface area contributed by atoms with Gasteiger partial charge in [-0.1, -0.05) is 6.07 Å². The zero-order valence-electron chi connectivity index (χ0n) is 27.5. The third-order valence-corrected chi connectivity index (χ3v) is 7.13. The number of carboxylic acids is 4. The molecule has 2 atom stereocenters. The lowest BCUT2D eigenvalue weighted by Crippen LogP contribution is -2.51. The maximum atomic E-state index is 10.6. The highest BCUT2D eigenvalue weighted by Crippen LogP contribution is 2.37. The fourth-order valence-electron chi connectivity index (χ4n) is 4.68. The SMILES string of the molecule is CN1CCN(C[C@H]2CCC[C@]3(CCN(Cc4cccnc4)C3)O2)CC1.O=C(O)C(F)(F)F.O=C(O)C(F)(F)F.O=C(O)C(F)(F)F.O=C(O)C(F)(F)F. The van der Waals surface area contributed by atoms with Gasteiger partial charge in [-0.2, -0.15) is 52.7 Å². The van der Waals surface area contributed by atoms with Gasteiger partial charge in [0.05, 0.1) is 11.7 Å². The summed E-state index contributed by atoms with van der Waals surface area (Å²) < 4.78 is 134. The Morgan fingerprint density at radius 3 is 1.55 bits per heavy atom. The number of alkyl halides is 12. The van der Waals surface area contributed by atoms with Crippen molar-refractivity contribution in [2.75, 3.05) is 52.9 Å². The molecule has 0 aliphatic carbocycles. The number of likely N-dealkylation sites (N-methyl/N-ethyl adjacent to an activating group) is 1. The molecule has 0 bridgehead atoms. The predicted molar refractivity (Wildman–Crippen MR) is 154 cm³/mol. The molecule has 1 aromatic rings. The first-order chi connectivity index (χ1) is 24.0. The molecular formula is C28H36F12N4O9. The molecule has 1 spiro atoms. The van der Waals surface area contributed by atoms with Crippen molar-refractivity contribution in [3.05, 3.63) is 30.1 Å². The molecule has 25 heteroatoms. The van der Waals surface area contributed by atoms with E-state index in [4.69, 9.17) is 44.3 Å². The third kappa shape index (κ3) is 21.4. The monoisotopic (exact) mass is 800 g/mol. The number of carboxylic acid groups (broad SMARTS) is 4. The summed E-state index contributed by atoms with van der Waals surface area (Å²) in [6.45, 7) is 9.12. The molecule has 0 unspecified atom stereocenters. The van der Waals surface area contributed by atoms with Crippen molar-refractivity contribution in [2.45, 2.75) is 68.6 Å². The first-order valence-electron chi connectivity index (χ1n) is 14.9. The van der Waals surface area contributed by atoms with E-state index < -0.39 is 48.6 Å². The number of halogens is 12. The van der Waals surface area contributed by atoms with E-state index in [0.717, 1.165) is 26.2 Å². The molecule has 4 N–H and O–H groups in total. The minimum absolute atomic E-state index is 0.109. The lowest BCUT2D eigenvalue weighted by atomic mass is 9.90. The largest absolute Gasteiger partial charge is 0.490 e. The average Bonchev–Trinajstić information content (AvgIpc) is 3.39. The molecule has 3 fully saturated rings. The standard InChI is InChI=1S/C20H32N4O.4C2HF3O2/c1-22-10-12-23(13-11-22)16-19-5-2-6-20(25-19)7-9-24(17-20)15-18-4-3-8-21-14-18;4*3-2(4,5)1(6)7/h3-4,8,14,19H,2,5-7,9-13,15-17H2,1H3;4*(H,6,7)/t19-,20-;;;;/m1..../s1. The van der Waals surface area contributed by atoms with Crippen LogP contribution in [0.25, 0.3) is 0 Å². The molecular weight excluding hydrogens is 764 g/mol. The van der Waals surface area contributed by atoms with Crippen molar-refractivity contribution < 1.29 is 97.0 Å². The molecule has 3 saturated heterocycles. The Hall–Kier alpha value is -3.97. The van der Waals surface area contributed by atoms with Crippen LogP contribution in [0, 0.1) is 0 Å². The molecule has 3 aliphatic rings. The Morgan fingerprint density at radius 2 is 1.17 bits per heavy atom. The lowest BCUT2D eigenvalue weighted by Gasteiger charge is -2.42. The van der Waals surface area contributed by atoms with Gasteiger partial charge in [0.1, 0.15) is 0 Å². The lowest BCUT2D eigenvalue weighted by molar-refractivity contribution is -0.193. The van der Waals surface area contributed by atoms with Gasteiger partial charge in [-0.15, -0.1) is 0 Å². The number of nitrogens with zero attached hydrogens (tertiary/aromatic N) is 4. The topological polar surface area (TPSA) is 181 Å². The molecule has 53 heavy (non-hydrogen) atoms. The third-order valence-electron chi connectivity index (χ3n) is 7.13. The van der Waals surface area contributed by atoms with Gasteiger partial charge in [0.25, 0.3) is 0 Å². The predicted octanol–water partition coefficient (Wildman–Crippen LogP) is 4.38. The summed E-state index contributed by atoms with van der Waals surface area (Å²) in [5.74, 6) is -11.0. The number of aromatic nitrogens is 1. The molecule has 0 amide bonds. The number of likely N-dealkylation sites (tertiary alicyclic amines) is 1. The van der Waals surface area contributed by atoms with Crippen LogP contribution in [0.3, 0.4) is 0 Å². The zero-order chi connectivity index (χ0) is 41.4. The second kappa shape index (κ2) is 21.1. The van der Waals surface area contributed by atoms with Gasteiger partial charge in [-0.25, -0.2) is 19.2 Å². The number of pyridine rings is 1. The molecule has 4 heterocycles. The van der Waals surface area contributed by atoms with Gasteiger partial charge in [-0.05, 0) is 44.4 Å². The van der Waals surface area contributed by atoms with Crippen molar-refractivity contribution in [1.29, 1.82) is 0 Å². The Bertz CT molecular complexity index is 1200. The van der Waals surface area contributed by atoms with Gasteiger partial charge in [0, 0.05) is 64.8 Å². The fourth-order valence-corrected chi connectivity index (χ4v) is 4.68. The van der Waals surface area contributed by atoms with E-state index in [-0.39, 0.29) is 5.60 Å². The number of piperazine rings is 1. The second-order valence-corrected chi connectivity index (χ2v) is 11.5. The van der Waals surface area contributed by atoms with E-state index in [0.29, 0.717) is 6.10 Å². The first kappa shape index (κ1) is 49.0. The van der Waals surface area contributed by atoms with Crippen LogP contribution >= 0.6 is 0 Å². The van der Waals surface area contributed by atoms with Crippen LogP contribution in [0.2, 0.25) is 0 Å². The van der Waals surface area contributed by atoms with Crippen molar-refractivity contribution in [1.82, 2.24) is 19.7 Å². The van der Waals surface area contributed by atoms with E-state index >= 15 is 0 Å². The fraction of sp³-hybridized carbons (Fsp3) is 0.679. The molecule has 0 aromatic carbocycles. The summed E-state index contributed by atoms with van der Waals surface area (Å²) in [5.41, 5.74) is 1.42. The Morgan fingerprint density at radius 1 is 0.736 bits per heavy atom. The smallest absolute Gasteiger partial charge is 0.475 e. The number of rotatable bonds is 4. The minimum Gasteiger partial charge on any atom is -0.475 e. The summed E-state index contributed by atoms with van der Waals surface area (Å²) in [4.78, 5) is 47.4. The van der Waals surface area contributed by atoms with Crippen LogP contribution in [-0.2, 0) is 30.5 Å². The van der Waals surface area contributed by atoms with Gasteiger partial charge >= 0.3 is 48.6 Å². The highest BCUT2D eigenvalue weighted by molar-refractivity contribution is 5.74. The van der Waals surface area contributed by atoms with E-state index in [9.17, 15) is 52.7 Å². The van der Waals surface area contributed by atoms with Gasteiger partial charge in [0.2, 0.25) is 0 Å². The quantitative estimate of drug-likeness (QED) is 0.316. The molecule has 1 aromatic heterocycles. The maximum absolute atomic E-state index is 10.6. The maximum Gasteiger partial charge on any atom is 0.490 e. The van der Waals surface area contributed by atoms with Crippen molar-refractivity contribution in [2.24, 2.45) is 0 Å². The van der Waals surface area contributed by atoms with Gasteiger partial charge in [-0.3, -0.25) is 14.8 Å². The van der Waals surface area contributed by atoms with E-state index in [1.54, 1.807) is 0 Å². The van der Waals surface area contributed by atoms with Crippen LogP contribution in [0.1, 0.15) is 31.2 Å². The molecule has 0 saturated carbocycles. The number of hydrogen-bond donors (Lipinski definition) is 4. The Kier molecular flexibility index (Phi) is 19.5. The molecule has 13 nitrogen and oxygen atoms in total. The van der Waals surface area contributed by atoms with Crippen LogP contribution in [-0.4, -0.2) is 153 Å². The van der Waals surface area contributed by atoms with Crippen LogP contribution in [0.4, 0.5) is 52.7 Å². The molecule has 4 rings (SSSR count). The Labute approximate surface area is 292 Å². The first-order valence-corrected chi connectivity index (χ1v) is 14.9. The molecule has 0 radical (unpaired) electrons. The van der Waals surface area contributed by atoms with Crippen molar-refractivity contribution >= 4 is 23.9 Å². The highest BCUT2D eigenvalue weighted by Gasteiger charge is 2.43.